The molecule has 1 unspecified atom stereocenters. The van der Waals surface area contributed by atoms with Crippen molar-refractivity contribution >= 4 is 11.4 Å². The van der Waals surface area contributed by atoms with E-state index >= 15 is 0 Å². The Labute approximate surface area is 122 Å². The molecule has 4 nitrogen and oxygen atoms in total. The molecule has 1 aromatic rings. The molecule has 0 amide bonds. The number of rotatable bonds is 6. The van der Waals surface area contributed by atoms with Crippen molar-refractivity contribution in [3.8, 4) is 5.75 Å². The van der Waals surface area contributed by atoms with E-state index in [2.05, 4.69) is 17.1 Å². The van der Waals surface area contributed by atoms with Crippen LogP contribution in [0.1, 0.15) is 33.1 Å². The third kappa shape index (κ3) is 4.30. The molecule has 4 heteroatoms. The van der Waals surface area contributed by atoms with Gasteiger partial charge in [-0.1, -0.05) is 6.42 Å². The number of ether oxygens (including phenoxy) is 1. The Hall–Kier alpha value is -1.42. The summed E-state index contributed by atoms with van der Waals surface area (Å²) in [5, 5.41) is 3.48. The van der Waals surface area contributed by atoms with Crippen molar-refractivity contribution in [2.45, 2.75) is 39.2 Å². The van der Waals surface area contributed by atoms with E-state index in [1.165, 1.54) is 32.4 Å². The summed E-state index contributed by atoms with van der Waals surface area (Å²) in [6.45, 7) is 8.32. The molecule has 1 aromatic carbocycles. The van der Waals surface area contributed by atoms with Crippen LogP contribution in [0.15, 0.2) is 18.2 Å². The van der Waals surface area contributed by atoms with Gasteiger partial charge in [-0.05, 0) is 45.8 Å². The Morgan fingerprint density at radius 2 is 2.00 bits per heavy atom. The Kier molecular flexibility index (Phi) is 5.53. The molecule has 1 fully saturated rings. The molecular formula is C16H27N3O. The van der Waals surface area contributed by atoms with Gasteiger partial charge in [0.15, 0.2) is 0 Å². The van der Waals surface area contributed by atoms with Gasteiger partial charge in [0, 0.05) is 36.1 Å². The molecule has 1 aliphatic rings. The summed E-state index contributed by atoms with van der Waals surface area (Å²) in [7, 11) is 0. The first kappa shape index (κ1) is 15.0. The number of piperidine rings is 1. The molecule has 0 spiro atoms. The normalized spacial score (nSPS) is 17.7. The fourth-order valence-corrected chi connectivity index (χ4v) is 2.73. The summed E-state index contributed by atoms with van der Waals surface area (Å²) in [6.07, 6.45) is 4.04. The largest absolute Gasteiger partial charge is 0.494 e. The molecule has 2 rings (SSSR count). The van der Waals surface area contributed by atoms with Crippen LogP contribution in [0, 0.1) is 0 Å². The van der Waals surface area contributed by atoms with Crippen molar-refractivity contribution in [2.24, 2.45) is 0 Å². The van der Waals surface area contributed by atoms with E-state index in [1.54, 1.807) is 0 Å². The highest BCUT2D eigenvalue weighted by atomic mass is 16.5. The lowest BCUT2D eigenvalue weighted by atomic mass is 10.1. The van der Waals surface area contributed by atoms with E-state index in [1.807, 2.05) is 25.1 Å². The molecule has 112 valence electrons. The lowest BCUT2D eigenvalue weighted by molar-refractivity contribution is 0.180. The average molecular weight is 277 g/mol. The summed E-state index contributed by atoms with van der Waals surface area (Å²) in [4.78, 5) is 2.56. The Morgan fingerprint density at radius 3 is 2.70 bits per heavy atom. The topological polar surface area (TPSA) is 50.5 Å². The van der Waals surface area contributed by atoms with E-state index in [9.17, 15) is 0 Å². The van der Waals surface area contributed by atoms with Crippen LogP contribution in [-0.4, -0.2) is 37.2 Å². The number of nitrogens with zero attached hydrogens (tertiary/aromatic N) is 1. The first-order valence-electron chi connectivity index (χ1n) is 7.70. The fourth-order valence-electron chi connectivity index (χ4n) is 2.73. The third-order valence-electron chi connectivity index (χ3n) is 3.86. The number of hydrogen-bond acceptors (Lipinski definition) is 4. The van der Waals surface area contributed by atoms with E-state index in [-0.39, 0.29) is 0 Å². The van der Waals surface area contributed by atoms with Crippen molar-refractivity contribution in [3.05, 3.63) is 18.2 Å². The van der Waals surface area contributed by atoms with Crippen molar-refractivity contribution in [1.29, 1.82) is 0 Å². The van der Waals surface area contributed by atoms with Crippen LogP contribution in [0.3, 0.4) is 0 Å². The van der Waals surface area contributed by atoms with Gasteiger partial charge in [0.05, 0.1) is 6.61 Å². The molecule has 0 bridgehead atoms. The SMILES string of the molecule is CCOc1cc(N)cc(NCC(C)N2CCCCC2)c1. The van der Waals surface area contributed by atoms with Gasteiger partial charge in [0.2, 0.25) is 0 Å². The molecule has 1 heterocycles. The minimum atomic E-state index is 0.548. The molecule has 1 saturated heterocycles. The van der Waals surface area contributed by atoms with Crippen LogP contribution in [0.25, 0.3) is 0 Å². The maximum atomic E-state index is 5.91. The van der Waals surface area contributed by atoms with E-state index in [0.717, 1.165) is 23.7 Å². The highest BCUT2D eigenvalue weighted by molar-refractivity contribution is 5.59. The summed E-state index contributed by atoms with van der Waals surface area (Å²) < 4.78 is 5.52. The van der Waals surface area contributed by atoms with Crippen LogP contribution in [0.4, 0.5) is 11.4 Å². The summed E-state index contributed by atoms with van der Waals surface area (Å²) in [6, 6.07) is 6.39. The van der Waals surface area contributed by atoms with Gasteiger partial charge < -0.3 is 15.8 Å². The Balaban J connectivity index is 1.89. The minimum absolute atomic E-state index is 0.548. The number of hydrogen-bond donors (Lipinski definition) is 2. The summed E-state index contributed by atoms with van der Waals surface area (Å²) in [5.41, 5.74) is 7.69. The maximum Gasteiger partial charge on any atom is 0.123 e. The van der Waals surface area contributed by atoms with Gasteiger partial charge in [0.1, 0.15) is 5.75 Å². The minimum Gasteiger partial charge on any atom is -0.494 e. The van der Waals surface area contributed by atoms with Crippen molar-refractivity contribution in [1.82, 2.24) is 4.90 Å². The smallest absolute Gasteiger partial charge is 0.123 e. The number of nitrogens with one attached hydrogen (secondary N) is 1. The highest BCUT2D eigenvalue weighted by Gasteiger charge is 2.16. The van der Waals surface area contributed by atoms with Crippen molar-refractivity contribution < 1.29 is 4.74 Å². The molecule has 0 aromatic heterocycles. The quantitative estimate of drug-likeness (QED) is 0.785. The van der Waals surface area contributed by atoms with Crippen molar-refractivity contribution in [2.75, 3.05) is 37.3 Å². The molecular weight excluding hydrogens is 250 g/mol. The number of anilines is 2. The second kappa shape index (κ2) is 7.39. The average Bonchev–Trinajstić information content (AvgIpc) is 2.45. The number of likely N-dealkylation sites (tertiary alicyclic amines) is 1. The molecule has 1 aliphatic heterocycles. The lowest BCUT2D eigenvalue weighted by Gasteiger charge is -2.32. The zero-order valence-electron chi connectivity index (χ0n) is 12.7. The predicted octanol–water partition coefficient (Wildman–Crippen LogP) is 2.95. The first-order chi connectivity index (χ1) is 9.69. The monoisotopic (exact) mass is 277 g/mol. The molecule has 1 atom stereocenters. The van der Waals surface area contributed by atoms with Crippen LogP contribution in [-0.2, 0) is 0 Å². The standard InChI is InChI=1S/C16H27N3O/c1-3-20-16-10-14(17)9-15(11-16)18-12-13(2)19-7-5-4-6-8-19/h9-11,13,18H,3-8,12,17H2,1-2H3. The van der Waals surface area contributed by atoms with Gasteiger partial charge in [-0.25, -0.2) is 0 Å². The van der Waals surface area contributed by atoms with Crippen LogP contribution < -0.4 is 15.8 Å². The Bertz CT molecular complexity index is 416. The highest BCUT2D eigenvalue weighted by Crippen LogP contribution is 2.23. The molecule has 0 aliphatic carbocycles. The predicted molar refractivity (Wildman–Crippen MR) is 85.4 cm³/mol. The maximum absolute atomic E-state index is 5.91. The van der Waals surface area contributed by atoms with Gasteiger partial charge in [-0.2, -0.15) is 0 Å². The fraction of sp³-hybridized carbons (Fsp3) is 0.625. The summed E-state index contributed by atoms with van der Waals surface area (Å²) in [5.74, 6) is 0.834. The Morgan fingerprint density at radius 1 is 1.25 bits per heavy atom. The molecule has 20 heavy (non-hydrogen) atoms. The zero-order chi connectivity index (χ0) is 14.4. The van der Waals surface area contributed by atoms with Crippen LogP contribution in [0.2, 0.25) is 0 Å². The second-order valence-corrected chi connectivity index (χ2v) is 5.55. The van der Waals surface area contributed by atoms with Gasteiger partial charge in [0.25, 0.3) is 0 Å². The first-order valence-corrected chi connectivity index (χ1v) is 7.70. The molecule has 0 radical (unpaired) electrons. The van der Waals surface area contributed by atoms with Gasteiger partial charge in [-0.15, -0.1) is 0 Å². The van der Waals surface area contributed by atoms with Crippen LogP contribution >= 0.6 is 0 Å². The van der Waals surface area contributed by atoms with E-state index < -0.39 is 0 Å². The van der Waals surface area contributed by atoms with E-state index in [4.69, 9.17) is 10.5 Å². The molecule has 3 N–H and O–H groups in total. The van der Waals surface area contributed by atoms with Crippen LogP contribution in [0.5, 0.6) is 5.75 Å². The number of nitrogens with two attached hydrogens (primary N) is 1. The second-order valence-electron chi connectivity index (χ2n) is 5.55. The molecule has 0 saturated carbocycles. The van der Waals surface area contributed by atoms with E-state index in [0.29, 0.717) is 12.6 Å². The van der Waals surface area contributed by atoms with Gasteiger partial charge in [-0.3, -0.25) is 4.90 Å². The van der Waals surface area contributed by atoms with Gasteiger partial charge >= 0.3 is 0 Å². The summed E-state index contributed by atoms with van der Waals surface area (Å²) >= 11 is 0. The zero-order valence-corrected chi connectivity index (χ0v) is 12.7. The number of benzene rings is 1. The third-order valence-corrected chi connectivity index (χ3v) is 3.86. The van der Waals surface area contributed by atoms with Crippen molar-refractivity contribution in [3.63, 3.8) is 0 Å². The lowest BCUT2D eigenvalue weighted by Crippen LogP contribution is -2.41. The number of nitrogen functional groups attached to an aromatic ring is 1.